The molecule has 0 heterocycles. The third-order valence-electron chi connectivity index (χ3n) is 3.50. The summed E-state index contributed by atoms with van der Waals surface area (Å²) in [6, 6.07) is 7.92. The molecule has 0 spiro atoms. The maximum absolute atomic E-state index is 13.1. The maximum Gasteiger partial charge on any atom is 0.325 e. The number of aliphatic carboxylic acids is 1. The minimum Gasteiger partial charge on any atom is -0.480 e. The van der Waals surface area contributed by atoms with Crippen LogP contribution in [-0.2, 0) is 4.79 Å². The molecule has 0 amide bonds. The molecule has 2 unspecified atom stereocenters. The van der Waals surface area contributed by atoms with E-state index in [1.165, 1.54) is 0 Å². The van der Waals surface area contributed by atoms with Crippen molar-refractivity contribution < 1.29 is 18.7 Å². The minimum absolute atomic E-state index is 0.0948. The maximum atomic E-state index is 13.1. The van der Waals surface area contributed by atoms with Crippen molar-refractivity contribution in [1.82, 2.24) is 5.32 Å². The van der Waals surface area contributed by atoms with E-state index >= 15 is 0 Å². The van der Waals surface area contributed by atoms with Crippen LogP contribution in [0.5, 0.6) is 0 Å². The lowest BCUT2D eigenvalue weighted by Crippen LogP contribution is -2.32. The predicted molar refractivity (Wildman–Crippen MR) is 67.1 cm³/mol. The molecule has 1 fully saturated rings. The van der Waals surface area contributed by atoms with E-state index in [-0.39, 0.29) is 18.8 Å². The zero-order chi connectivity index (χ0) is 13.9. The molecule has 5 heteroatoms. The molecule has 0 radical (unpaired) electrons. The summed E-state index contributed by atoms with van der Waals surface area (Å²) in [6.07, 6.45) is 0.199. The van der Waals surface area contributed by atoms with E-state index in [2.05, 4.69) is 5.32 Å². The second kappa shape index (κ2) is 5.65. The highest BCUT2D eigenvalue weighted by Gasteiger charge is 2.39. The average Bonchev–Trinajstić information content (AvgIpc) is 2.70. The van der Waals surface area contributed by atoms with Crippen molar-refractivity contribution in [2.75, 3.05) is 6.54 Å². The molecule has 19 heavy (non-hydrogen) atoms. The average molecular weight is 269 g/mol. The highest BCUT2D eigenvalue weighted by Crippen LogP contribution is 2.38. The van der Waals surface area contributed by atoms with Gasteiger partial charge in [-0.3, -0.25) is 4.79 Å². The number of halogens is 2. The fourth-order valence-electron chi connectivity index (χ4n) is 2.49. The van der Waals surface area contributed by atoms with Gasteiger partial charge in [0.25, 0.3) is 0 Å². The van der Waals surface area contributed by atoms with Gasteiger partial charge in [0, 0.05) is 12.8 Å². The van der Waals surface area contributed by atoms with Gasteiger partial charge in [-0.05, 0) is 24.4 Å². The van der Waals surface area contributed by atoms with E-state index in [0.29, 0.717) is 18.5 Å². The Morgan fingerprint density at radius 3 is 2.63 bits per heavy atom. The van der Waals surface area contributed by atoms with Crippen molar-refractivity contribution in [3.8, 4) is 0 Å². The number of carboxylic acid groups (broad SMARTS) is 1. The van der Waals surface area contributed by atoms with Crippen LogP contribution < -0.4 is 5.32 Å². The Labute approximate surface area is 110 Å². The van der Waals surface area contributed by atoms with Crippen LogP contribution in [0.3, 0.4) is 0 Å². The zero-order valence-electron chi connectivity index (χ0n) is 10.5. The molecule has 3 nitrogen and oxygen atoms in total. The Balaban J connectivity index is 1.94. The zero-order valence-corrected chi connectivity index (χ0v) is 10.5. The van der Waals surface area contributed by atoms with E-state index in [4.69, 9.17) is 0 Å². The molecule has 0 saturated heterocycles. The molecule has 1 saturated carbocycles. The molecular formula is C14H17F2NO2. The smallest absolute Gasteiger partial charge is 0.325 e. The molecule has 1 aliphatic carbocycles. The Morgan fingerprint density at radius 1 is 1.42 bits per heavy atom. The summed E-state index contributed by atoms with van der Waals surface area (Å²) in [5.74, 6) is -3.73. The fourth-order valence-corrected chi connectivity index (χ4v) is 2.49. The molecule has 0 aliphatic heterocycles. The first kappa shape index (κ1) is 13.9. The molecule has 2 rings (SSSR count). The van der Waals surface area contributed by atoms with Gasteiger partial charge >= 0.3 is 5.97 Å². The van der Waals surface area contributed by atoms with E-state index in [1.807, 2.05) is 0 Å². The molecule has 1 aliphatic rings. The fraction of sp³-hybridized carbons (Fsp3) is 0.500. The molecular weight excluding hydrogens is 252 g/mol. The lowest BCUT2D eigenvalue weighted by molar-refractivity contribution is -0.139. The summed E-state index contributed by atoms with van der Waals surface area (Å²) in [7, 11) is 0. The summed E-state index contributed by atoms with van der Waals surface area (Å²) < 4.78 is 26.1. The Bertz CT molecular complexity index is 436. The summed E-state index contributed by atoms with van der Waals surface area (Å²) in [5, 5.41) is 12.1. The second-order valence-electron chi connectivity index (χ2n) is 5.05. The monoisotopic (exact) mass is 269 g/mol. The number of carbonyl (C=O) groups is 1. The largest absolute Gasteiger partial charge is 0.480 e. The summed E-state index contributed by atoms with van der Waals surface area (Å²) >= 11 is 0. The number of carboxylic acids is 1. The number of rotatable bonds is 5. The predicted octanol–water partition coefficient (Wildman–Crippen LogP) is 2.84. The van der Waals surface area contributed by atoms with Crippen molar-refractivity contribution in [3.05, 3.63) is 35.9 Å². The lowest BCUT2D eigenvalue weighted by Gasteiger charge is -2.18. The van der Waals surface area contributed by atoms with Crippen molar-refractivity contribution in [2.24, 2.45) is 5.92 Å². The van der Waals surface area contributed by atoms with Gasteiger partial charge in [0.05, 0.1) is 0 Å². The molecule has 0 bridgehead atoms. The molecule has 0 aromatic heterocycles. The van der Waals surface area contributed by atoms with Gasteiger partial charge in [0.1, 0.15) is 6.04 Å². The van der Waals surface area contributed by atoms with E-state index < -0.39 is 17.9 Å². The normalized spacial score (nSPS) is 23.2. The highest BCUT2D eigenvalue weighted by atomic mass is 19.3. The number of hydrogen-bond acceptors (Lipinski definition) is 2. The van der Waals surface area contributed by atoms with Crippen LogP contribution in [0.4, 0.5) is 8.78 Å². The number of hydrogen-bond donors (Lipinski definition) is 2. The van der Waals surface area contributed by atoms with Crippen LogP contribution in [0.1, 0.15) is 30.9 Å². The lowest BCUT2D eigenvalue weighted by atomic mass is 10.0. The van der Waals surface area contributed by atoms with Gasteiger partial charge < -0.3 is 10.4 Å². The van der Waals surface area contributed by atoms with Crippen LogP contribution in [0, 0.1) is 5.92 Å². The van der Waals surface area contributed by atoms with Gasteiger partial charge in [0.15, 0.2) is 0 Å². The quantitative estimate of drug-likeness (QED) is 0.864. The SMILES string of the molecule is O=C(O)C(NCC1CCC(F)(F)C1)c1ccccc1. The molecule has 1 aromatic rings. The third kappa shape index (κ3) is 3.73. The van der Waals surface area contributed by atoms with Crippen LogP contribution in [-0.4, -0.2) is 23.5 Å². The van der Waals surface area contributed by atoms with Crippen LogP contribution >= 0.6 is 0 Å². The topological polar surface area (TPSA) is 49.3 Å². The Hall–Kier alpha value is -1.49. The Kier molecular flexibility index (Phi) is 4.14. The molecule has 104 valence electrons. The van der Waals surface area contributed by atoms with Gasteiger partial charge in [-0.1, -0.05) is 30.3 Å². The van der Waals surface area contributed by atoms with Gasteiger partial charge in [-0.15, -0.1) is 0 Å². The summed E-state index contributed by atoms with van der Waals surface area (Å²) in [6.45, 7) is 0.307. The van der Waals surface area contributed by atoms with Crippen LogP contribution in [0.2, 0.25) is 0 Å². The standard InChI is InChI=1S/C14H17F2NO2/c15-14(16)7-6-10(8-14)9-17-12(13(18)19)11-4-2-1-3-5-11/h1-5,10,12,17H,6-9H2,(H,18,19). The van der Waals surface area contributed by atoms with Crippen LogP contribution in [0.25, 0.3) is 0 Å². The summed E-state index contributed by atoms with van der Waals surface area (Å²) in [4.78, 5) is 11.2. The van der Waals surface area contributed by atoms with E-state index in [0.717, 1.165) is 0 Å². The van der Waals surface area contributed by atoms with Crippen molar-refractivity contribution in [2.45, 2.75) is 31.2 Å². The molecule has 2 atom stereocenters. The van der Waals surface area contributed by atoms with E-state index in [9.17, 15) is 18.7 Å². The number of nitrogens with one attached hydrogen (secondary N) is 1. The van der Waals surface area contributed by atoms with Gasteiger partial charge in [-0.25, -0.2) is 8.78 Å². The van der Waals surface area contributed by atoms with Crippen LogP contribution in [0.15, 0.2) is 30.3 Å². The van der Waals surface area contributed by atoms with Gasteiger partial charge in [-0.2, -0.15) is 0 Å². The van der Waals surface area contributed by atoms with Crippen molar-refractivity contribution >= 4 is 5.97 Å². The van der Waals surface area contributed by atoms with Gasteiger partial charge in [0.2, 0.25) is 5.92 Å². The summed E-state index contributed by atoms with van der Waals surface area (Å²) in [5.41, 5.74) is 0.639. The third-order valence-corrected chi connectivity index (χ3v) is 3.50. The second-order valence-corrected chi connectivity index (χ2v) is 5.05. The Morgan fingerprint density at radius 2 is 2.11 bits per heavy atom. The van der Waals surface area contributed by atoms with Crippen molar-refractivity contribution in [1.29, 1.82) is 0 Å². The highest BCUT2D eigenvalue weighted by molar-refractivity contribution is 5.75. The van der Waals surface area contributed by atoms with Crippen molar-refractivity contribution in [3.63, 3.8) is 0 Å². The first-order valence-electron chi connectivity index (χ1n) is 6.37. The molecule has 1 aromatic carbocycles. The molecule has 2 N–H and O–H groups in total. The number of alkyl halides is 2. The number of benzene rings is 1. The first-order valence-corrected chi connectivity index (χ1v) is 6.37. The first-order chi connectivity index (χ1) is 8.98. The van der Waals surface area contributed by atoms with E-state index in [1.54, 1.807) is 30.3 Å². The minimum atomic E-state index is -2.59.